The molecular formula is C27H37N5O3. The summed E-state index contributed by atoms with van der Waals surface area (Å²) in [6, 6.07) is 16.2. The van der Waals surface area contributed by atoms with E-state index < -0.39 is 0 Å². The van der Waals surface area contributed by atoms with Gasteiger partial charge in [-0.15, -0.1) is 0 Å². The lowest BCUT2D eigenvalue weighted by Crippen LogP contribution is -2.46. The topological polar surface area (TPSA) is 77.2 Å². The molecule has 0 aliphatic carbocycles. The Hall–Kier alpha value is -2.94. The molecule has 0 bridgehead atoms. The van der Waals surface area contributed by atoms with Gasteiger partial charge in [-0.1, -0.05) is 37.3 Å². The van der Waals surface area contributed by atoms with Crippen LogP contribution in [-0.2, 0) is 16.1 Å². The normalized spacial score (nSPS) is 17.2. The zero-order valence-electron chi connectivity index (χ0n) is 20.7. The Balaban J connectivity index is 1.41. The Kier molecular flexibility index (Phi) is 9.11. The van der Waals surface area contributed by atoms with Crippen LogP contribution in [0.5, 0.6) is 0 Å². The molecule has 2 aliphatic rings. The van der Waals surface area contributed by atoms with Crippen LogP contribution in [0.25, 0.3) is 0 Å². The summed E-state index contributed by atoms with van der Waals surface area (Å²) in [4.78, 5) is 32.2. The molecule has 2 aromatic rings. The van der Waals surface area contributed by atoms with Crippen molar-refractivity contribution >= 4 is 23.2 Å². The van der Waals surface area contributed by atoms with Crippen molar-refractivity contribution in [1.82, 2.24) is 15.1 Å². The maximum Gasteiger partial charge on any atom is 0.253 e. The van der Waals surface area contributed by atoms with Crippen molar-refractivity contribution in [3.8, 4) is 0 Å². The smallest absolute Gasteiger partial charge is 0.253 e. The van der Waals surface area contributed by atoms with E-state index in [4.69, 9.17) is 4.74 Å². The van der Waals surface area contributed by atoms with Gasteiger partial charge in [-0.05, 0) is 23.8 Å². The molecule has 2 heterocycles. The molecule has 0 radical (unpaired) electrons. The zero-order valence-corrected chi connectivity index (χ0v) is 20.7. The number of carbonyl (C=O) groups excluding carboxylic acids is 2. The second-order valence-corrected chi connectivity index (χ2v) is 9.09. The van der Waals surface area contributed by atoms with Gasteiger partial charge in [0.05, 0.1) is 18.8 Å². The fourth-order valence-electron chi connectivity index (χ4n) is 4.56. The summed E-state index contributed by atoms with van der Waals surface area (Å²) >= 11 is 0. The summed E-state index contributed by atoms with van der Waals surface area (Å²) in [5, 5.41) is 5.98. The van der Waals surface area contributed by atoms with Gasteiger partial charge in [-0.3, -0.25) is 19.4 Å². The molecular weight excluding hydrogens is 442 g/mol. The molecule has 0 atom stereocenters. The van der Waals surface area contributed by atoms with Crippen molar-refractivity contribution in [2.45, 2.75) is 19.9 Å². The van der Waals surface area contributed by atoms with Crippen molar-refractivity contribution in [1.29, 1.82) is 0 Å². The Morgan fingerprint density at radius 2 is 1.66 bits per heavy atom. The second-order valence-electron chi connectivity index (χ2n) is 9.09. The monoisotopic (exact) mass is 479 g/mol. The van der Waals surface area contributed by atoms with Gasteiger partial charge in [0.1, 0.15) is 0 Å². The van der Waals surface area contributed by atoms with Crippen LogP contribution < -0.4 is 15.5 Å². The van der Waals surface area contributed by atoms with E-state index in [0.29, 0.717) is 24.2 Å². The first kappa shape index (κ1) is 25.2. The second kappa shape index (κ2) is 12.7. The predicted octanol–water partition coefficient (Wildman–Crippen LogP) is 2.42. The van der Waals surface area contributed by atoms with Crippen molar-refractivity contribution in [2.75, 3.05) is 75.8 Å². The molecule has 2 amide bonds. The number of nitrogens with zero attached hydrogens (tertiary/aromatic N) is 3. The van der Waals surface area contributed by atoms with E-state index in [1.807, 2.05) is 31.2 Å². The van der Waals surface area contributed by atoms with Crippen molar-refractivity contribution in [2.24, 2.45) is 0 Å². The minimum atomic E-state index is -0.104. The van der Waals surface area contributed by atoms with E-state index in [9.17, 15) is 9.59 Å². The van der Waals surface area contributed by atoms with Crippen LogP contribution in [0.4, 0.5) is 11.4 Å². The molecule has 0 spiro atoms. The van der Waals surface area contributed by atoms with E-state index in [0.717, 1.165) is 71.3 Å². The quantitative estimate of drug-likeness (QED) is 0.575. The van der Waals surface area contributed by atoms with Crippen LogP contribution in [0.15, 0.2) is 48.5 Å². The highest BCUT2D eigenvalue weighted by molar-refractivity contribution is 6.02. The standard InChI is InChI=1S/C27H37N5O3/c1-2-26(33)29-23-8-9-25(24(20-23)27(34)28-10-11-30-16-18-35-19-17-30)32-14-12-31(13-15-32)21-22-6-4-3-5-7-22/h3-9,20H,2,10-19,21H2,1H3,(H,28,34)(H,29,33). The zero-order chi connectivity index (χ0) is 24.5. The number of anilines is 2. The summed E-state index contributed by atoms with van der Waals surface area (Å²) in [5.41, 5.74) is 3.50. The molecule has 4 rings (SSSR count). The lowest BCUT2D eigenvalue weighted by molar-refractivity contribution is -0.115. The average Bonchev–Trinajstić information content (AvgIpc) is 2.90. The third-order valence-corrected chi connectivity index (χ3v) is 6.63. The van der Waals surface area contributed by atoms with Gasteiger partial charge in [0, 0.05) is 76.7 Å². The first-order valence-electron chi connectivity index (χ1n) is 12.7. The van der Waals surface area contributed by atoms with Crippen LogP contribution in [-0.4, -0.2) is 87.2 Å². The lowest BCUT2D eigenvalue weighted by atomic mass is 10.1. The number of ether oxygens (including phenoxy) is 1. The van der Waals surface area contributed by atoms with E-state index >= 15 is 0 Å². The minimum absolute atomic E-state index is 0.0639. The van der Waals surface area contributed by atoms with Crippen molar-refractivity contribution in [3.05, 3.63) is 59.7 Å². The fourth-order valence-corrected chi connectivity index (χ4v) is 4.56. The molecule has 0 unspecified atom stereocenters. The number of carbonyl (C=O) groups is 2. The third-order valence-electron chi connectivity index (χ3n) is 6.63. The van der Waals surface area contributed by atoms with Crippen LogP contribution >= 0.6 is 0 Å². The van der Waals surface area contributed by atoms with Crippen LogP contribution in [0.3, 0.4) is 0 Å². The van der Waals surface area contributed by atoms with Gasteiger partial charge in [-0.25, -0.2) is 0 Å². The molecule has 188 valence electrons. The summed E-state index contributed by atoms with van der Waals surface area (Å²) in [6.07, 6.45) is 0.395. The number of rotatable bonds is 9. The van der Waals surface area contributed by atoms with Crippen molar-refractivity contribution < 1.29 is 14.3 Å². The molecule has 2 fully saturated rings. The Morgan fingerprint density at radius 1 is 0.914 bits per heavy atom. The number of piperazine rings is 1. The van der Waals surface area contributed by atoms with Gasteiger partial charge in [0.15, 0.2) is 0 Å². The maximum absolute atomic E-state index is 13.3. The van der Waals surface area contributed by atoms with Crippen LogP contribution in [0.1, 0.15) is 29.3 Å². The average molecular weight is 480 g/mol. The molecule has 2 aliphatic heterocycles. The molecule has 2 N–H and O–H groups in total. The van der Waals surface area contributed by atoms with Gasteiger partial charge in [-0.2, -0.15) is 0 Å². The number of hydrogen-bond donors (Lipinski definition) is 2. The third kappa shape index (κ3) is 7.27. The highest BCUT2D eigenvalue weighted by Gasteiger charge is 2.22. The number of nitrogens with one attached hydrogen (secondary N) is 2. The number of morpholine rings is 1. The minimum Gasteiger partial charge on any atom is -0.379 e. The molecule has 8 heteroatoms. The van der Waals surface area contributed by atoms with Crippen LogP contribution in [0.2, 0.25) is 0 Å². The molecule has 8 nitrogen and oxygen atoms in total. The van der Waals surface area contributed by atoms with Gasteiger partial charge >= 0.3 is 0 Å². The number of amides is 2. The Labute approximate surface area is 208 Å². The fraction of sp³-hybridized carbons (Fsp3) is 0.481. The van der Waals surface area contributed by atoms with Gasteiger partial charge in [0.2, 0.25) is 5.91 Å². The SMILES string of the molecule is CCC(=O)Nc1ccc(N2CCN(Cc3ccccc3)CC2)c(C(=O)NCCN2CCOCC2)c1. The summed E-state index contributed by atoms with van der Waals surface area (Å²) in [5.74, 6) is -0.168. The molecule has 35 heavy (non-hydrogen) atoms. The predicted molar refractivity (Wildman–Crippen MR) is 139 cm³/mol. The Morgan fingerprint density at radius 3 is 2.37 bits per heavy atom. The maximum atomic E-state index is 13.3. The Bertz CT molecular complexity index is 970. The van der Waals surface area contributed by atoms with E-state index in [2.05, 4.69) is 49.6 Å². The molecule has 0 saturated carbocycles. The molecule has 2 saturated heterocycles. The largest absolute Gasteiger partial charge is 0.379 e. The summed E-state index contributed by atoms with van der Waals surface area (Å²) in [7, 11) is 0. The number of hydrogen-bond acceptors (Lipinski definition) is 6. The highest BCUT2D eigenvalue weighted by atomic mass is 16.5. The summed E-state index contributed by atoms with van der Waals surface area (Å²) in [6.45, 7) is 11.0. The summed E-state index contributed by atoms with van der Waals surface area (Å²) < 4.78 is 5.40. The van der Waals surface area contributed by atoms with Gasteiger partial charge < -0.3 is 20.3 Å². The van der Waals surface area contributed by atoms with Crippen LogP contribution in [0, 0.1) is 0 Å². The van der Waals surface area contributed by atoms with E-state index in [1.165, 1.54) is 5.56 Å². The van der Waals surface area contributed by atoms with E-state index in [1.54, 1.807) is 0 Å². The van der Waals surface area contributed by atoms with Crippen molar-refractivity contribution in [3.63, 3.8) is 0 Å². The van der Waals surface area contributed by atoms with Gasteiger partial charge in [0.25, 0.3) is 5.91 Å². The first-order chi connectivity index (χ1) is 17.1. The molecule has 0 aromatic heterocycles. The highest BCUT2D eigenvalue weighted by Crippen LogP contribution is 2.26. The first-order valence-corrected chi connectivity index (χ1v) is 12.7. The number of benzene rings is 2. The lowest BCUT2D eigenvalue weighted by Gasteiger charge is -2.37. The van der Waals surface area contributed by atoms with E-state index in [-0.39, 0.29) is 11.8 Å². The molecule has 2 aromatic carbocycles.